The second-order valence-electron chi connectivity index (χ2n) is 3.41. The minimum absolute atomic E-state index is 0. The maximum Gasteiger partial charge on any atom is 0.573 e. The third-order valence-electron chi connectivity index (χ3n) is 2.30. The van der Waals surface area contributed by atoms with Crippen LogP contribution in [0.4, 0.5) is 13.2 Å². The van der Waals surface area contributed by atoms with Crippen molar-refractivity contribution in [1.82, 2.24) is 5.32 Å². The smallest absolute Gasteiger partial charge is 0.406 e. The predicted molar refractivity (Wildman–Crippen MR) is 55.8 cm³/mol. The first kappa shape index (κ1) is 13.1. The summed E-state index contributed by atoms with van der Waals surface area (Å²) in [5, 5.41) is 3.15. The molecule has 6 heteroatoms. The molecule has 0 saturated carbocycles. The summed E-state index contributed by atoms with van der Waals surface area (Å²) in [6.07, 6.45) is -3.87. The van der Waals surface area contributed by atoms with Crippen LogP contribution in [-0.4, -0.2) is 12.9 Å². The van der Waals surface area contributed by atoms with E-state index in [0.29, 0.717) is 6.54 Å². The molecule has 0 bridgehead atoms. The molecule has 0 atom stereocenters. The molecule has 16 heavy (non-hydrogen) atoms. The fraction of sp³-hybridized carbons (Fsp3) is 0.400. The van der Waals surface area contributed by atoms with E-state index in [-0.39, 0.29) is 18.2 Å². The molecule has 0 unspecified atom stereocenters. The zero-order valence-electron chi connectivity index (χ0n) is 8.30. The van der Waals surface area contributed by atoms with Crippen LogP contribution in [0.15, 0.2) is 18.2 Å². The van der Waals surface area contributed by atoms with Crippen LogP contribution in [0.1, 0.15) is 11.1 Å². The second-order valence-corrected chi connectivity index (χ2v) is 3.41. The highest BCUT2D eigenvalue weighted by Crippen LogP contribution is 2.26. The van der Waals surface area contributed by atoms with Crippen LogP contribution >= 0.6 is 12.4 Å². The van der Waals surface area contributed by atoms with E-state index in [1.54, 1.807) is 6.07 Å². The molecule has 0 amide bonds. The molecule has 1 aliphatic heterocycles. The van der Waals surface area contributed by atoms with Crippen LogP contribution in [0.25, 0.3) is 0 Å². The number of halogens is 4. The summed E-state index contributed by atoms with van der Waals surface area (Å²) in [5.41, 5.74) is 1.96. The number of hydrogen-bond acceptors (Lipinski definition) is 2. The highest BCUT2D eigenvalue weighted by molar-refractivity contribution is 5.85. The third kappa shape index (κ3) is 3.28. The Labute approximate surface area is 97.2 Å². The average molecular weight is 254 g/mol. The van der Waals surface area contributed by atoms with Crippen molar-refractivity contribution < 1.29 is 17.9 Å². The predicted octanol–water partition coefficient (Wildman–Crippen LogP) is 2.65. The van der Waals surface area contributed by atoms with Gasteiger partial charge in [-0.3, -0.25) is 0 Å². The molecule has 0 fully saturated rings. The Balaban J connectivity index is 0.00000128. The van der Waals surface area contributed by atoms with E-state index < -0.39 is 6.36 Å². The lowest BCUT2D eigenvalue weighted by Gasteiger charge is -2.18. The van der Waals surface area contributed by atoms with Crippen molar-refractivity contribution in [1.29, 1.82) is 0 Å². The first-order valence-electron chi connectivity index (χ1n) is 4.63. The van der Waals surface area contributed by atoms with Crippen molar-refractivity contribution in [2.45, 2.75) is 19.3 Å². The van der Waals surface area contributed by atoms with Gasteiger partial charge in [-0.1, -0.05) is 6.07 Å². The van der Waals surface area contributed by atoms with E-state index >= 15 is 0 Å². The number of fused-ring (bicyclic) bond motifs is 1. The number of alkyl halides is 3. The van der Waals surface area contributed by atoms with Crippen LogP contribution < -0.4 is 10.1 Å². The Hall–Kier alpha value is -0.940. The van der Waals surface area contributed by atoms with E-state index in [4.69, 9.17) is 0 Å². The van der Waals surface area contributed by atoms with Crippen LogP contribution in [-0.2, 0) is 13.0 Å². The number of nitrogens with one attached hydrogen (secondary N) is 1. The molecule has 1 aromatic rings. The highest BCUT2D eigenvalue weighted by atomic mass is 35.5. The first-order valence-corrected chi connectivity index (χ1v) is 4.63. The van der Waals surface area contributed by atoms with Crippen LogP contribution in [0, 0.1) is 0 Å². The summed E-state index contributed by atoms with van der Waals surface area (Å²) < 4.78 is 39.7. The van der Waals surface area contributed by atoms with Gasteiger partial charge in [0.2, 0.25) is 0 Å². The van der Waals surface area contributed by atoms with E-state index in [2.05, 4.69) is 10.1 Å². The maximum atomic E-state index is 11.9. The SMILES string of the molecule is Cl.FC(F)(F)Oc1ccc2c(c1)CCNC2. The summed E-state index contributed by atoms with van der Waals surface area (Å²) in [6.45, 7) is 1.50. The van der Waals surface area contributed by atoms with Gasteiger partial charge >= 0.3 is 6.36 Å². The molecule has 1 N–H and O–H groups in total. The highest BCUT2D eigenvalue weighted by Gasteiger charge is 2.31. The van der Waals surface area contributed by atoms with Crippen molar-refractivity contribution in [3.8, 4) is 5.75 Å². The topological polar surface area (TPSA) is 21.3 Å². The molecule has 90 valence electrons. The van der Waals surface area contributed by atoms with Gasteiger partial charge in [0.15, 0.2) is 0 Å². The van der Waals surface area contributed by atoms with Crippen molar-refractivity contribution in [3.05, 3.63) is 29.3 Å². The minimum atomic E-state index is -4.61. The van der Waals surface area contributed by atoms with Crippen LogP contribution in [0.3, 0.4) is 0 Å². The van der Waals surface area contributed by atoms with E-state index in [1.807, 2.05) is 0 Å². The van der Waals surface area contributed by atoms with Gasteiger partial charge in [0.25, 0.3) is 0 Å². The Morgan fingerprint density at radius 1 is 1.19 bits per heavy atom. The van der Waals surface area contributed by atoms with Crippen molar-refractivity contribution in [3.63, 3.8) is 0 Å². The van der Waals surface area contributed by atoms with E-state index in [1.165, 1.54) is 12.1 Å². The molecule has 1 heterocycles. The van der Waals surface area contributed by atoms with Crippen molar-refractivity contribution in [2.75, 3.05) is 6.54 Å². The fourth-order valence-electron chi connectivity index (χ4n) is 1.65. The zero-order valence-corrected chi connectivity index (χ0v) is 9.12. The quantitative estimate of drug-likeness (QED) is 0.831. The number of hydrogen-bond donors (Lipinski definition) is 1. The lowest BCUT2D eigenvalue weighted by Crippen LogP contribution is -2.24. The van der Waals surface area contributed by atoms with Gasteiger partial charge in [-0.25, -0.2) is 0 Å². The molecule has 1 aliphatic rings. The number of ether oxygens (including phenoxy) is 1. The van der Waals surface area contributed by atoms with Gasteiger partial charge in [-0.15, -0.1) is 25.6 Å². The maximum absolute atomic E-state index is 11.9. The Morgan fingerprint density at radius 2 is 1.94 bits per heavy atom. The normalized spacial score (nSPS) is 14.9. The second kappa shape index (κ2) is 4.93. The summed E-state index contributed by atoms with van der Waals surface area (Å²) in [4.78, 5) is 0. The Bertz CT molecular complexity index is 368. The van der Waals surface area contributed by atoms with Gasteiger partial charge in [0, 0.05) is 6.54 Å². The molecule has 2 nitrogen and oxygen atoms in total. The molecule has 0 spiro atoms. The molecule has 0 radical (unpaired) electrons. The Morgan fingerprint density at radius 3 is 2.62 bits per heavy atom. The molecular weight excluding hydrogens is 243 g/mol. The molecule has 1 aromatic carbocycles. The van der Waals surface area contributed by atoms with Gasteiger partial charge in [0.05, 0.1) is 0 Å². The summed E-state index contributed by atoms with van der Waals surface area (Å²) in [7, 11) is 0. The third-order valence-corrected chi connectivity index (χ3v) is 2.30. The van der Waals surface area contributed by atoms with E-state index in [9.17, 15) is 13.2 Å². The lowest BCUT2D eigenvalue weighted by atomic mass is 10.0. The minimum Gasteiger partial charge on any atom is -0.406 e. The summed E-state index contributed by atoms with van der Waals surface area (Å²) in [6, 6.07) is 4.48. The molecule has 0 saturated heterocycles. The largest absolute Gasteiger partial charge is 0.573 e. The lowest BCUT2D eigenvalue weighted by molar-refractivity contribution is -0.274. The van der Waals surface area contributed by atoms with Crippen LogP contribution in [0.2, 0.25) is 0 Å². The number of benzene rings is 1. The molecular formula is C10H11ClF3NO. The van der Waals surface area contributed by atoms with Gasteiger partial charge in [0.1, 0.15) is 5.75 Å². The molecule has 2 rings (SSSR count). The standard InChI is InChI=1S/C10H10F3NO.ClH/c11-10(12,13)15-9-2-1-8-6-14-4-3-7(8)5-9;/h1-2,5,14H,3-4,6H2;1H. The zero-order chi connectivity index (χ0) is 10.9. The summed E-state index contributed by atoms with van der Waals surface area (Å²) in [5.74, 6) is -0.136. The van der Waals surface area contributed by atoms with Gasteiger partial charge in [-0.05, 0) is 36.2 Å². The molecule has 0 aliphatic carbocycles. The summed E-state index contributed by atoms with van der Waals surface area (Å²) >= 11 is 0. The van der Waals surface area contributed by atoms with E-state index in [0.717, 1.165) is 24.1 Å². The fourth-order valence-corrected chi connectivity index (χ4v) is 1.65. The average Bonchev–Trinajstić information content (AvgIpc) is 2.15. The van der Waals surface area contributed by atoms with Crippen molar-refractivity contribution in [2.24, 2.45) is 0 Å². The van der Waals surface area contributed by atoms with Crippen molar-refractivity contribution >= 4 is 12.4 Å². The van der Waals surface area contributed by atoms with Gasteiger partial charge in [-0.2, -0.15) is 0 Å². The number of rotatable bonds is 1. The van der Waals surface area contributed by atoms with Gasteiger partial charge < -0.3 is 10.1 Å². The molecule has 0 aromatic heterocycles. The first-order chi connectivity index (χ1) is 7.04. The Kier molecular flexibility index (Phi) is 4.04. The van der Waals surface area contributed by atoms with Crippen LogP contribution in [0.5, 0.6) is 5.75 Å². The monoisotopic (exact) mass is 253 g/mol.